The van der Waals surface area contributed by atoms with Crippen LogP contribution in [0.15, 0.2) is 71.9 Å². The van der Waals surface area contributed by atoms with E-state index in [4.69, 9.17) is 4.74 Å². The second-order valence-electron chi connectivity index (χ2n) is 6.52. The third kappa shape index (κ3) is 3.85. The predicted octanol–water partition coefficient (Wildman–Crippen LogP) is 3.37. The molecule has 0 atom stereocenters. The summed E-state index contributed by atoms with van der Waals surface area (Å²) in [5, 5.41) is 0. The van der Waals surface area contributed by atoms with E-state index in [1.54, 1.807) is 67.0 Å². The van der Waals surface area contributed by atoms with Gasteiger partial charge >= 0.3 is 5.97 Å². The van der Waals surface area contributed by atoms with Crippen LogP contribution >= 0.6 is 0 Å². The molecule has 4 rings (SSSR count). The molecule has 0 fully saturated rings. The number of sulfonamides is 1. The van der Waals surface area contributed by atoms with Crippen molar-refractivity contribution in [1.29, 1.82) is 0 Å². The lowest BCUT2D eigenvalue weighted by Crippen LogP contribution is -2.23. The summed E-state index contributed by atoms with van der Waals surface area (Å²) < 4.78 is 37.6. The molecule has 1 aliphatic rings. The van der Waals surface area contributed by atoms with Gasteiger partial charge in [0, 0.05) is 19.3 Å². The third-order valence-corrected chi connectivity index (χ3v) is 6.49. The molecule has 29 heavy (non-hydrogen) atoms. The van der Waals surface area contributed by atoms with Crippen LogP contribution in [0.25, 0.3) is 0 Å². The fourth-order valence-electron chi connectivity index (χ4n) is 3.16. The van der Waals surface area contributed by atoms with Gasteiger partial charge in [0.25, 0.3) is 0 Å². The van der Waals surface area contributed by atoms with Gasteiger partial charge in [0.15, 0.2) is 0 Å². The molecule has 2 aromatic carbocycles. The fraction of sp³-hybridized carbons (Fsp3) is 0.143. The van der Waals surface area contributed by atoms with Crippen LogP contribution in [0, 0.1) is 0 Å². The highest BCUT2D eigenvalue weighted by Gasteiger charge is 2.34. The molecule has 0 aliphatic carbocycles. The maximum absolute atomic E-state index is 12.9. The Morgan fingerprint density at radius 1 is 1.10 bits per heavy atom. The van der Waals surface area contributed by atoms with E-state index in [9.17, 15) is 13.2 Å². The fourth-order valence-corrected chi connectivity index (χ4v) is 4.76. The molecule has 0 saturated carbocycles. The Labute approximate surface area is 168 Å². The standard InChI is InChI=1S/C21H18N2O5S/c1-27-21(24)16-6-4-15(5-7-16)13-23-14-17-11-18(8-9-20(17)29(23,25)26)28-19-3-2-10-22-12-19/h2-12H,13-14H2,1H3. The highest BCUT2D eigenvalue weighted by atomic mass is 32.2. The van der Waals surface area contributed by atoms with Crippen molar-refractivity contribution in [3.8, 4) is 11.5 Å². The zero-order valence-corrected chi connectivity index (χ0v) is 16.4. The van der Waals surface area contributed by atoms with Gasteiger partial charge in [-0.25, -0.2) is 13.2 Å². The molecule has 7 nitrogen and oxygen atoms in total. The number of pyridine rings is 1. The van der Waals surface area contributed by atoms with Crippen molar-refractivity contribution in [2.45, 2.75) is 18.0 Å². The Balaban J connectivity index is 1.53. The molecule has 1 aromatic heterocycles. The summed E-state index contributed by atoms with van der Waals surface area (Å²) in [7, 11) is -2.28. The quantitative estimate of drug-likeness (QED) is 0.600. The number of fused-ring (bicyclic) bond motifs is 1. The van der Waals surface area contributed by atoms with Gasteiger partial charge in [0.2, 0.25) is 10.0 Å². The molecule has 0 radical (unpaired) electrons. The van der Waals surface area contributed by atoms with Crippen molar-refractivity contribution in [3.05, 3.63) is 83.7 Å². The van der Waals surface area contributed by atoms with Crippen molar-refractivity contribution in [2.24, 2.45) is 0 Å². The SMILES string of the molecule is COC(=O)c1ccc(CN2Cc3cc(Oc4cccnc4)ccc3S2(=O)=O)cc1. The summed E-state index contributed by atoms with van der Waals surface area (Å²) >= 11 is 0. The number of carbonyl (C=O) groups excluding carboxylic acids is 1. The van der Waals surface area contributed by atoms with Crippen molar-refractivity contribution in [2.75, 3.05) is 7.11 Å². The molecule has 0 unspecified atom stereocenters. The summed E-state index contributed by atoms with van der Waals surface area (Å²) in [6.45, 7) is 0.456. The van der Waals surface area contributed by atoms with Crippen LogP contribution in [-0.2, 0) is 27.8 Å². The van der Waals surface area contributed by atoms with E-state index < -0.39 is 16.0 Å². The van der Waals surface area contributed by atoms with Gasteiger partial charge < -0.3 is 9.47 Å². The van der Waals surface area contributed by atoms with Gasteiger partial charge in [0.05, 0.1) is 23.8 Å². The van der Waals surface area contributed by atoms with Crippen molar-refractivity contribution >= 4 is 16.0 Å². The zero-order chi connectivity index (χ0) is 20.4. The average molecular weight is 410 g/mol. The van der Waals surface area contributed by atoms with Crippen LogP contribution in [0.5, 0.6) is 11.5 Å². The monoisotopic (exact) mass is 410 g/mol. The second-order valence-corrected chi connectivity index (χ2v) is 8.43. The number of benzene rings is 2. The Hall–Kier alpha value is -3.23. The maximum Gasteiger partial charge on any atom is 0.337 e. The van der Waals surface area contributed by atoms with Gasteiger partial charge in [0.1, 0.15) is 11.5 Å². The molecule has 1 aliphatic heterocycles. The Bertz CT molecular complexity index is 1150. The topological polar surface area (TPSA) is 85.8 Å². The van der Waals surface area contributed by atoms with Crippen LogP contribution in [-0.4, -0.2) is 30.8 Å². The van der Waals surface area contributed by atoms with Crippen LogP contribution in [0.3, 0.4) is 0 Å². The van der Waals surface area contributed by atoms with E-state index >= 15 is 0 Å². The number of hydrogen-bond acceptors (Lipinski definition) is 6. The number of methoxy groups -OCH3 is 1. The molecule has 3 aromatic rings. The highest BCUT2D eigenvalue weighted by Crippen LogP contribution is 2.35. The Kier molecular flexibility index (Phi) is 5.04. The van der Waals surface area contributed by atoms with Gasteiger partial charge in [-0.15, -0.1) is 0 Å². The largest absolute Gasteiger partial charge is 0.465 e. The number of ether oxygens (including phenoxy) is 2. The molecule has 0 bridgehead atoms. The molecule has 0 N–H and O–H groups in total. The number of aromatic nitrogens is 1. The maximum atomic E-state index is 12.9. The van der Waals surface area contributed by atoms with Gasteiger partial charge in [-0.3, -0.25) is 4.98 Å². The van der Waals surface area contributed by atoms with Gasteiger partial charge in [-0.2, -0.15) is 4.31 Å². The Morgan fingerprint density at radius 3 is 2.59 bits per heavy atom. The average Bonchev–Trinajstić information content (AvgIpc) is 2.98. The summed E-state index contributed by atoms with van der Waals surface area (Å²) in [4.78, 5) is 15.8. The van der Waals surface area contributed by atoms with E-state index in [1.807, 2.05) is 0 Å². The van der Waals surface area contributed by atoms with Crippen LogP contribution in [0.2, 0.25) is 0 Å². The number of nitrogens with zero attached hydrogens (tertiary/aromatic N) is 2. The minimum atomic E-state index is -3.59. The van der Waals surface area contributed by atoms with Crippen molar-refractivity contribution in [3.63, 3.8) is 0 Å². The predicted molar refractivity (Wildman–Crippen MR) is 105 cm³/mol. The summed E-state index contributed by atoms with van der Waals surface area (Å²) in [6, 6.07) is 15.2. The van der Waals surface area contributed by atoms with E-state index in [0.717, 1.165) is 5.56 Å². The van der Waals surface area contributed by atoms with Crippen LogP contribution in [0.4, 0.5) is 0 Å². The van der Waals surface area contributed by atoms with Gasteiger partial charge in [-0.1, -0.05) is 12.1 Å². The molecular formula is C21H18N2O5S. The number of hydrogen-bond donors (Lipinski definition) is 0. The molecule has 0 amide bonds. The lowest BCUT2D eigenvalue weighted by Gasteiger charge is -2.14. The van der Waals surface area contributed by atoms with Crippen molar-refractivity contribution < 1.29 is 22.7 Å². The number of rotatable bonds is 5. The number of esters is 1. The molecule has 0 saturated heterocycles. The summed E-state index contributed by atoms with van der Waals surface area (Å²) in [5.41, 5.74) is 1.87. The first-order valence-corrected chi connectivity index (χ1v) is 10.3. The third-order valence-electron chi connectivity index (χ3n) is 4.60. The van der Waals surface area contributed by atoms with E-state index in [-0.39, 0.29) is 18.0 Å². The second kappa shape index (κ2) is 7.65. The van der Waals surface area contributed by atoms with E-state index in [1.165, 1.54) is 11.4 Å². The minimum Gasteiger partial charge on any atom is -0.465 e. The lowest BCUT2D eigenvalue weighted by molar-refractivity contribution is 0.0600. The Morgan fingerprint density at radius 2 is 1.90 bits per heavy atom. The highest BCUT2D eigenvalue weighted by molar-refractivity contribution is 7.89. The van der Waals surface area contributed by atoms with E-state index in [0.29, 0.717) is 22.6 Å². The molecule has 8 heteroatoms. The minimum absolute atomic E-state index is 0.206. The van der Waals surface area contributed by atoms with Crippen LogP contribution < -0.4 is 4.74 Å². The zero-order valence-electron chi connectivity index (χ0n) is 15.6. The van der Waals surface area contributed by atoms with Crippen LogP contribution in [0.1, 0.15) is 21.5 Å². The van der Waals surface area contributed by atoms with E-state index in [2.05, 4.69) is 9.72 Å². The summed E-state index contributed by atoms with van der Waals surface area (Å²) in [5.74, 6) is 0.700. The first-order valence-electron chi connectivity index (χ1n) is 8.85. The molecule has 2 heterocycles. The smallest absolute Gasteiger partial charge is 0.337 e. The first-order chi connectivity index (χ1) is 14.0. The summed E-state index contributed by atoms with van der Waals surface area (Å²) in [6.07, 6.45) is 3.24. The first kappa shape index (κ1) is 19.1. The molecule has 0 spiro atoms. The van der Waals surface area contributed by atoms with Crippen molar-refractivity contribution in [1.82, 2.24) is 9.29 Å². The lowest BCUT2D eigenvalue weighted by atomic mass is 10.1. The molecule has 148 valence electrons. The van der Waals surface area contributed by atoms with Gasteiger partial charge in [-0.05, 0) is 53.6 Å². The number of carbonyl (C=O) groups is 1. The normalized spacial score (nSPS) is 14.9. The molecular weight excluding hydrogens is 392 g/mol.